The molecule has 0 fully saturated rings. The highest BCUT2D eigenvalue weighted by Gasteiger charge is 2.55. The topological polar surface area (TPSA) is 76.8 Å². The largest absolute Gasteiger partial charge is 0.307 e. The number of benzene rings is 4. The highest BCUT2D eigenvalue weighted by Crippen LogP contribution is 2.50. The van der Waals surface area contributed by atoms with Crippen LogP contribution in [0.2, 0.25) is 0 Å². The number of anilines is 1. The molecule has 6 rings (SSSR count). The summed E-state index contributed by atoms with van der Waals surface area (Å²) in [7, 11) is 0. The fourth-order valence-corrected chi connectivity index (χ4v) is 5.61. The quantitative estimate of drug-likeness (QED) is 0.301. The van der Waals surface area contributed by atoms with Crippen molar-refractivity contribution in [1.29, 1.82) is 5.26 Å². The molecule has 0 saturated heterocycles. The highest BCUT2D eigenvalue weighted by atomic mass is 16.2. The van der Waals surface area contributed by atoms with Gasteiger partial charge in [-0.15, -0.1) is 0 Å². The zero-order chi connectivity index (χ0) is 28.6. The molecule has 6 heteroatoms. The van der Waals surface area contributed by atoms with Crippen LogP contribution in [0, 0.1) is 25.2 Å². The van der Waals surface area contributed by atoms with Crippen molar-refractivity contribution < 1.29 is 9.59 Å². The molecule has 1 spiro atoms. The second-order valence-electron chi connectivity index (χ2n) is 10.6. The molecule has 4 aromatic rings. The van der Waals surface area contributed by atoms with Crippen LogP contribution in [0.15, 0.2) is 120 Å². The summed E-state index contributed by atoms with van der Waals surface area (Å²) in [5.41, 5.74) is 5.19. The summed E-state index contributed by atoms with van der Waals surface area (Å²) in [6.45, 7) is 4.32. The third-order valence-electron chi connectivity index (χ3n) is 7.83. The molecule has 1 unspecified atom stereocenters. The fraction of sp³-hybridized carbons (Fsp3) is 0.143. The Kier molecular flexibility index (Phi) is 6.56. The molecule has 0 N–H and O–H groups in total. The molecule has 41 heavy (non-hydrogen) atoms. The minimum absolute atomic E-state index is 0.133. The van der Waals surface area contributed by atoms with Crippen molar-refractivity contribution in [3.05, 3.63) is 148 Å². The lowest BCUT2D eigenvalue weighted by molar-refractivity contribution is -0.121. The average Bonchev–Trinajstić information content (AvgIpc) is 3.12. The maximum Gasteiger partial charge on any atom is 0.278 e. The van der Waals surface area contributed by atoms with Gasteiger partial charge >= 0.3 is 0 Å². The van der Waals surface area contributed by atoms with E-state index in [9.17, 15) is 14.9 Å². The van der Waals surface area contributed by atoms with Crippen LogP contribution in [-0.2, 0) is 16.8 Å². The number of fused-ring (bicyclic) bond motifs is 2. The molecule has 2 amide bonds. The minimum Gasteiger partial charge on any atom is -0.307 e. The van der Waals surface area contributed by atoms with Gasteiger partial charge in [0.15, 0.2) is 0 Å². The predicted molar refractivity (Wildman–Crippen MR) is 159 cm³/mol. The zero-order valence-corrected chi connectivity index (χ0v) is 22.9. The lowest BCUT2D eigenvalue weighted by Crippen LogP contribution is -2.42. The zero-order valence-electron chi connectivity index (χ0n) is 22.9. The van der Waals surface area contributed by atoms with E-state index in [0.29, 0.717) is 17.8 Å². The maximum atomic E-state index is 14.7. The van der Waals surface area contributed by atoms with Crippen LogP contribution in [0.25, 0.3) is 0 Å². The summed E-state index contributed by atoms with van der Waals surface area (Å²) >= 11 is 0. The van der Waals surface area contributed by atoms with Crippen molar-refractivity contribution in [3.8, 4) is 6.07 Å². The number of rotatable bonds is 4. The fourth-order valence-electron chi connectivity index (χ4n) is 5.61. The highest BCUT2D eigenvalue weighted by molar-refractivity contribution is 6.16. The van der Waals surface area contributed by atoms with E-state index in [1.807, 2.05) is 105 Å². The normalized spacial score (nSPS) is 17.9. The Bertz CT molecular complexity index is 1750. The first-order valence-electron chi connectivity index (χ1n) is 13.5. The van der Waals surface area contributed by atoms with Gasteiger partial charge < -0.3 is 4.90 Å². The van der Waals surface area contributed by atoms with Gasteiger partial charge in [-0.25, -0.2) is 5.01 Å². The first kappa shape index (κ1) is 26.0. The van der Waals surface area contributed by atoms with E-state index in [0.717, 1.165) is 33.5 Å². The van der Waals surface area contributed by atoms with Gasteiger partial charge in [-0.2, -0.15) is 10.4 Å². The van der Waals surface area contributed by atoms with Crippen LogP contribution >= 0.6 is 0 Å². The van der Waals surface area contributed by atoms with Gasteiger partial charge in [0.05, 0.1) is 23.9 Å². The van der Waals surface area contributed by atoms with Crippen LogP contribution in [0.5, 0.6) is 0 Å². The minimum atomic E-state index is -1.34. The Morgan fingerprint density at radius 1 is 0.878 bits per heavy atom. The van der Waals surface area contributed by atoms with Crippen molar-refractivity contribution in [1.82, 2.24) is 5.01 Å². The molecule has 0 aliphatic carbocycles. The van der Waals surface area contributed by atoms with Gasteiger partial charge in [0.2, 0.25) is 5.91 Å². The molecule has 4 aromatic carbocycles. The van der Waals surface area contributed by atoms with Gasteiger partial charge in [0, 0.05) is 23.9 Å². The van der Waals surface area contributed by atoms with E-state index in [1.165, 1.54) is 11.2 Å². The van der Waals surface area contributed by atoms with E-state index in [2.05, 4.69) is 6.07 Å². The predicted octanol–water partition coefficient (Wildman–Crippen LogP) is 6.45. The molecule has 1 atom stereocenters. The first-order valence-corrected chi connectivity index (χ1v) is 13.5. The lowest BCUT2D eigenvalue weighted by Gasteiger charge is -2.28. The Labute approximate surface area is 239 Å². The third-order valence-corrected chi connectivity index (χ3v) is 7.83. The molecule has 0 saturated carbocycles. The number of aryl methyl sites for hydroxylation is 2. The molecular weight excluding hydrogens is 508 g/mol. The van der Waals surface area contributed by atoms with Gasteiger partial charge in [-0.3, -0.25) is 9.59 Å². The summed E-state index contributed by atoms with van der Waals surface area (Å²) < 4.78 is 0. The Morgan fingerprint density at radius 3 is 2.20 bits per heavy atom. The lowest BCUT2D eigenvalue weighted by atomic mass is 9.71. The molecule has 2 aliphatic rings. The third kappa shape index (κ3) is 4.52. The smallest absolute Gasteiger partial charge is 0.278 e. The number of amides is 2. The van der Waals surface area contributed by atoms with E-state index in [4.69, 9.17) is 5.10 Å². The van der Waals surface area contributed by atoms with Crippen LogP contribution in [0.4, 0.5) is 5.69 Å². The van der Waals surface area contributed by atoms with Crippen molar-refractivity contribution in [2.24, 2.45) is 5.10 Å². The van der Waals surface area contributed by atoms with E-state index < -0.39 is 5.41 Å². The first-order chi connectivity index (χ1) is 19.9. The summed E-state index contributed by atoms with van der Waals surface area (Å²) in [6.07, 6.45) is 1.58. The number of nitriles is 1. The SMILES string of the molecule is Cc1ccc(C(=O)N2C=C(C#N)C3(CC(c4ccc(C)cc4)=N2)C(=O)N(Cc2ccccc2)c2ccccc23)cc1. The number of hydrogen-bond acceptors (Lipinski definition) is 4. The van der Waals surface area contributed by atoms with E-state index in [1.54, 1.807) is 17.0 Å². The van der Waals surface area contributed by atoms with Crippen LogP contribution in [0.1, 0.15) is 44.6 Å². The van der Waals surface area contributed by atoms with Crippen molar-refractivity contribution in [2.45, 2.75) is 32.2 Å². The standard InChI is InChI=1S/C35H28N4O2/c1-24-12-16-27(17-13-24)31-20-35(29(21-36)23-39(37-31)33(40)28-18-14-25(2)15-19-28)30-10-6-7-11-32(30)38(34(35)41)22-26-8-4-3-5-9-26/h3-19,23H,20,22H2,1-2H3. The molecule has 200 valence electrons. The van der Waals surface area contributed by atoms with Gasteiger partial charge in [-0.05, 0) is 48.7 Å². The van der Waals surface area contributed by atoms with Crippen LogP contribution in [0.3, 0.4) is 0 Å². The number of hydrazone groups is 1. The molecule has 2 aliphatic heterocycles. The average molecular weight is 537 g/mol. The Morgan fingerprint density at radius 2 is 1.51 bits per heavy atom. The number of hydrogen-bond donors (Lipinski definition) is 0. The van der Waals surface area contributed by atoms with E-state index in [-0.39, 0.29) is 23.8 Å². The van der Waals surface area contributed by atoms with Crippen molar-refractivity contribution >= 4 is 23.2 Å². The Balaban J connectivity index is 1.54. The number of nitrogens with zero attached hydrogens (tertiary/aromatic N) is 4. The summed E-state index contributed by atoms with van der Waals surface area (Å²) in [5.74, 6) is -0.584. The molecule has 6 nitrogen and oxygen atoms in total. The van der Waals surface area contributed by atoms with Gasteiger partial charge in [-0.1, -0.05) is 96.1 Å². The van der Waals surface area contributed by atoms with Crippen LogP contribution < -0.4 is 4.90 Å². The van der Waals surface area contributed by atoms with Crippen molar-refractivity contribution in [3.63, 3.8) is 0 Å². The number of carbonyl (C=O) groups is 2. The summed E-state index contributed by atoms with van der Waals surface area (Å²) in [4.78, 5) is 30.2. The van der Waals surface area contributed by atoms with Crippen molar-refractivity contribution in [2.75, 3.05) is 4.90 Å². The molecule has 0 radical (unpaired) electrons. The van der Waals surface area contributed by atoms with Crippen LogP contribution in [-0.4, -0.2) is 22.5 Å². The summed E-state index contributed by atoms with van der Waals surface area (Å²) in [6, 6.07) is 34.8. The molecule has 0 aromatic heterocycles. The Hall–Kier alpha value is -5.28. The second-order valence-corrected chi connectivity index (χ2v) is 10.6. The monoisotopic (exact) mass is 536 g/mol. The maximum absolute atomic E-state index is 14.7. The number of carbonyl (C=O) groups excluding carboxylic acids is 2. The molecular formula is C35H28N4O2. The van der Waals surface area contributed by atoms with Gasteiger partial charge in [0.1, 0.15) is 5.41 Å². The van der Waals surface area contributed by atoms with Gasteiger partial charge in [0.25, 0.3) is 5.91 Å². The van der Waals surface area contributed by atoms with E-state index >= 15 is 0 Å². The second kappa shape index (κ2) is 10.4. The molecule has 2 heterocycles. The summed E-state index contributed by atoms with van der Waals surface area (Å²) in [5, 5.41) is 16.6. The molecule has 0 bridgehead atoms. The number of para-hydroxylation sites is 1.